The molecule has 108 valence electrons. The molecular weight excluding hydrogens is 282 g/mol. The van der Waals surface area contributed by atoms with Crippen LogP contribution < -0.4 is 15.2 Å². The first-order valence-electron chi connectivity index (χ1n) is 5.78. The minimum absolute atomic E-state index is 0.0229. The smallest absolute Gasteiger partial charge is 0.241 e. The number of sulfonamides is 1. The maximum Gasteiger partial charge on any atom is 0.241 e. The van der Waals surface area contributed by atoms with Gasteiger partial charge in [-0.25, -0.2) is 13.1 Å². The topological polar surface area (TPSA) is 107 Å². The maximum absolute atomic E-state index is 12.1. The van der Waals surface area contributed by atoms with Gasteiger partial charge in [-0.05, 0) is 25.1 Å². The molecule has 1 aromatic carbocycles. The molecule has 3 N–H and O–H groups in total. The average molecular weight is 297 g/mol. The molecule has 2 aromatic rings. The average Bonchev–Trinajstić information content (AvgIpc) is 2.82. The Morgan fingerprint density at radius 2 is 2.15 bits per heavy atom. The monoisotopic (exact) mass is 297 g/mol. The number of hydrogen-bond donors (Lipinski definition) is 2. The van der Waals surface area contributed by atoms with E-state index in [1.54, 1.807) is 13.0 Å². The van der Waals surface area contributed by atoms with Crippen LogP contribution in [0, 0.1) is 6.92 Å². The lowest BCUT2D eigenvalue weighted by atomic mass is 10.3. The quantitative estimate of drug-likeness (QED) is 0.799. The molecule has 8 heteroatoms. The van der Waals surface area contributed by atoms with E-state index in [1.165, 1.54) is 25.3 Å². The Morgan fingerprint density at radius 3 is 2.70 bits per heavy atom. The van der Waals surface area contributed by atoms with Gasteiger partial charge in [0.25, 0.3) is 0 Å². The Hall–Kier alpha value is -2.06. The van der Waals surface area contributed by atoms with Crippen LogP contribution in [0.5, 0.6) is 5.75 Å². The first-order valence-corrected chi connectivity index (χ1v) is 7.26. The molecule has 0 aliphatic rings. The highest BCUT2D eigenvalue weighted by Crippen LogP contribution is 2.24. The summed E-state index contributed by atoms with van der Waals surface area (Å²) >= 11 is 0. The summed E-state index contributed by atoms with van der Waals surface area (Å²) < 4.78 is 36.5. The number of aromatic nitrogens is 1. The Morgan fingerprint density at radius 1 is 1.40 bits per heavy atom. The molecule has 0 saturated heterocycles. The molecule has 1 heterocycles. The second-order valence-corrected chi connectivity index (χ2v) is 5.93. The number of hydrogen-bond acceptors (Lipinski definition) is 6. The fourth-order valence-corrected chi connectivity index (χ4v) is 2.66. The number of nitrogen functional groups attached to an aromatic ring is 1. The molecule has 7 nitrogen and oxygen atoms in total. The number of nitrogens with one attached hydrogen (secondary N) is 1. The van der Waals surface area contributed by atoms with Gasteiger partial charge in [-0.3, -0.25) is 0 Å². The van der Waals surface area contributed by atoms with E-state index in [0.717, 1.165) is 0 Å². The van der Waals surface area contributed by atoms with Gasteiger partial charge in [0.15, 0.2) is 5.76 Å². The summed E-state index contributed by atoms with van der Waals surface area (Å²) in [6.07, 6.45) is 0. The van der Waals surface area contributed by atoms with Crippen molar-refractivity contribution >= 4 is 15.7 Å². The van der Waals surface area contributed by atoms with Crippen LogP contribution in [0.2, 0.25) is 0 Å². The van der Waals surface area contributed by atoms with Gasteiger partial charge in [0.2, 0.25) is 10.0 Å². The van der Waals surface area contributed by atoms with E-state index >= 15 is 0 Å². The third-order valence-electron chi connectivity index (χ3n) is 2.62. The predicted molar refractivity (Wildman–Crippen MR) is 72.7 cm³/mol. The van der Waals surface area contributed by atoms with Crippen molar-refractivity contribution in [1.82, 2.24) is 9.88 Å². The van der Waals surface area contributed by atoms with Crippen LogP contribution in [0.1, 0.15) is 11.5 Å². The number of nitrogens with zero attached hydrogens (tertiary/aromatic N) is 1. The zero-order valence-electron chi connectivity index (χ0n) is 11.1. The van der Waals surface area contributed by atoms with Crippen LogP contribution in [-0.4, -0.2) is 20.7 Å². The Bertz CT molecular complexity index is 709. The summed E-state index contributed by atoms with van der Waals surface area (Å²) in [5, 5.41) is 3.68. The Kier molecular flexibility index (Phi) is 3.96. The lowest BCUT2D eigenvalue weighted by Crippen LogP contribution is -2.23. The van der Waals surface area contributed by atoms with Crippen molar-refractivity contribution in [2.45, 2.75) is 18.4 Å². The minimum atomic E-state index is -3.67. The predicted octanol–water partition coefficient (Wildman–Crippen LogP) is 1.05. The maximum atomic E-state index is 12.1. The fourth-order valence-electron chi connectivity index (χ4n) is 1.63. The molecule has 0 saturated carbocycles. The van der Waals surface area contributed by atoms with E-state index in [9.17, 15) is 8.42 Å². The molecule has 20 heavy (non-hydrogen) atoms. The van der Waals surface area contributed by atoms with Crippen LogP contribution >= 0.6 is 0 Å². The highest BCUT2D eigenvalue weighted by atomic mass is 32.2. The molecule has 0 radical (unpaired) electrons. The van der Waals surface area contributed by atoms with Crippen LogP contribution in [0.4, 0.5) is 5.69 Å². The van der Waals surface area contributed by atoms with Crippen LogP contribution in [0.25, 0.3) is 0 Å². The van der Waals surface area contributed by atoms with Crippen molar-refractivity contribution in [2.75, 3.05) is 12.8 Å². The molecular formula is C12H15N3O4S. The number of benzene rings is 1. The number of aryl methyl sites for hydroxylation is 1. The molecule has 0 unspecified atom stereocenters. The van der Waals surface area contributed by atoms with Gasteiger partial charge < -0.3 is 15.0 Å². The van der Waals surface area contributed by atoms with Crippen molar-refractivity contribution in [3.8, 4) is 5.75 Å². The number of rotatable bonds is 5. The number of anilines is 1. The van der Waals surface area contributed by atoms with E-state index < -0.39 is 10.0 Å². The van der Waals surface area contributed by atoms with Crippen molar-refractivity contribution in [3.63, 3.8) is 0 Å². The van der Waals surface area contributed by atoms with Crippen LogP contribution in [0.15, 0.2) is 33.7 Å². The summed E-state index contributed by atoms with van der Waals surface area (Å²) in [5.41, 5.74) is 6.64. The molecule has 0 spiro atoms. The molecule has 0 aliphatic carbocycles. The first kappa shape index (κ1) is 14.4. The van der Waals surface area contributed by atoms with E-state index in [0.29, 0.717) is 17.2 Å². The van der Waals surface area contributed by atoms with Gasteiger partial charge in [-0.15, -0.1) is 0 Å². The second kappa shape index (κ2) is 5.51. The van der Waals surface area contributed by atoms with Crippen molar-refractivity contribution in [1.29, 1.82) is 0 Å². The Balaban J connectivity index is 2.15. The zero-order valence-corrected chi connectivity index (χ0v) is 11.9. The molecule has 0 amide bonds. The Labute approximate surface area is 116 Å². The van der Waals surface area contributed by atoms with Gasteiger partial charge in [0.05, 0.1) is 29.9 Å². The lowest BCUT2D eigenvalue weighted by molar-refractivity contribution is 0.377. The van der Waals surface area contributed by atoms with E-state index in [-0.39, 0.29) is 17.1 Å². The third-order valence-corrected chi connectivity index (χ3v) is 4.02. The third kappa shape index (κ3) is 3.09. The zero-order chi connectivity index (χ0) is 14.8. The summed E-state index contributed by atoms with van der Waals surface area (Å²) in [5.74, 6) is 0.863. The summed E-state index contributed by atoms with van der Waals surface area (Å²) in [4.78, 5) is 0.0621. The normalized spacial score (nSPS) is 11.5. The van der Waals surface area contributed by atoms with Crippen LogP contribution in [-0.2, 0) is 16.6 Å². The second-order valence-electron chi connectivity index (χ2n) is 4.16. The fraction of sp³-hybridized carbons (Fsp3) is 0.250. The largest absolute Gasteiger partial charge is 0.495 e. The number of nitrogens with two attached hydrogens (primary N) is 1. The lowest BCUT2D eigenvalue weighted by Gasteiger charge is -2.08. The minimum Gasteiger partial charge on any atom is -0.495 e. The van der Waals surface area contributed by atoms with Crippen molar-refractivity contribution in [2.24, 2.45) is 0 Å². The number of ether oxygens (including phenoxy) is 1. The van der Waals surface area contributed by atoms with E-state index in [2.05, 4.69) is 9.88 Å². The van der Waals surface area contributed by atoms with Gasteiger partial charge in [0.1, 0.15) is 5.75 Å². The van der Waals surface area contributed by atoms with Crippen molar-refractivity contribution < 1.29 is 17.7 Å². The van der Waals surface area contributed by atoms with Gasteiger partial charge in [-0.2, -0.15) is 0 Å². The highest BCUT2D eigenvalue weighted by Gasteiger charge is 2.16. The van der Waals surface area contributed by atoms with Gasteiger partial charge >= 0.3 is 0 Å². The molecule has 1 aromatic heterocycles. The first-order chi connectivity index (χ1) is 9.42. The van der Waals surface area contributed by atoms with Crippen molar-refractivity contribution in [3.05, 3.63) is 35.7 Å². The van der Waals surface area contributed by atoms with E-state index in [1.807, 2.05) is 0 Å². The van der Waals surface area contributed by atoms with Gasteiger partial charge in [-0.1, -0.05) is 5.16 Å². The molecule has 0 aliphatic heterocycles. The molecule has 0 bridgehead atoms. The summed E-state index contributed by atoms with van der Waals surface area (Å²) in [7, 11) is -2.21. The standard InChI is InChI=1S/C12H15N3O4S/c1-8-5-9(19-15-8)7-14-20(16,17)10-3-4-12(18-2)11(13)6-10/h3-6,14H,7,13H2,1-2H3. The molecule has 0 fully saturated rings. The van der Waals surface area contributed by atoms with E-state index in [4.69, 9.17) is 15.0 Å². The van der Waals surface area contributed by atoms with Crippen LogP contribution in [0.3, 0.4) is 0 Å². The SMILES string of the molecule is COc1ccc(S(=O)(=O)NCc2cc(C)no2)cc1N. The van der Waals surface area contributed by atoms with Gasteiger partial charge in [0, 0.05) is 6.07 Å². The highest BCUT2D eigenvalue weighted by molar-refractivity contribution is 7.89. The molecule has 2 rings (SSSR count). The summed E-state index contributed by atoms with van der Waals surface area (Å²) in [6, 6.07) is 5.92. The summed E-state index contributed by atoms with van der Waals surface area (Å²) in [6.45, 7) is 1.78. The molecule has 0 atom stereocenters. The number of methoxy groups -OCH3 is 1.